The summed E-state index contributed by atoms with van der Waals surface area (Å²) in [6.45, 7) is 0.458. The number of ether oxygens (including phenoxy) is 2. The minimum atomic E-state index is -4.63. The summed E-state index contributed by atoms with van der Waals surface area (Å²) in [7, 11) is -4.63. The van der Waals surface area contributed by atoms with Crippen LogP contribution in [0.3, 0.4) is 0 Å². The highest BCUT2D eigenvalue weighted by atomic mass is 32.2. The molecule has 2 amide bonds. The molecule has 0 spiro atoms. The highest BCUT2D eigenvalue weighted by Gasteiger charge is 2.57. The highest BCUT2D eigenvalue weighted by Crippen LogP contribution is 2.44. The van der Waals surface area contributed by atoms with E-state index in [0.29, 0.717) is 9.21 Å². The van der Waals surface area contributed by atoms with Gasteiger partial charge in [-0.2, -0.15) is 4.31 Å². The minimum Gasteiger partial charge on any atom is -0.462 e. The van der Waals surface area contributed by atoms with Crippen LogP contribution < -0.4 is 10.6 Å². The molecule has 14 nitrogen and oxygen atoms in total. The van der Waals surface area contributed by atoms with Crippen LogP contribution in [0.15, 0.2) is 77.7 Å². The van der Waals surface area contributed by atoms with Crippen LogP contribution >= 0.6 is 0 Å². The van der Waals surface area contributed by atoms with Gasteiger partial charge in [-0.1, -0.05) is 24.3 Å². The van der Waals surface area contributed by atoms with Gasteiger partial charge >= 0.3 is 23.9 Å². The molecular formula is C29H27FN4O10S. The summed E-state index contributed by atoms with van der Waals surface area (Å²) >= 11 is 0. The Morgan fingerprint density at radius 1 is 1.07 bits per heavy atom. The molecular weight excluding hydrogens is 615 g/mol. The third-order valence-corrected chi connectivity index (χ3v) is 8.99. The number of sulfonamides is 1. The zero-order valence-electron chi connectivity index (χ0n) is 23.8. The Balaban J connectivity index is 1.69. The molecule has 1 aliphatic heterocycles. The quantitative estimate of drug-likeness (QED) is 0.148. The van der Waals surface area contributed by atoms with Crippen molar-refractivity contribution in [3.05, 3.63) is 99.9 Å². The second-order valence-corrected chi connectivity index (χ2v) is 11.6. The Bertz CT molecular complexity index is 1770. The SMILES string of the molecule is CCOC(=O)c1cccc(N(CC(=O)OC(=O)C2(c3ccccc3F)CCCN2S(=O)(=O)c2ccc([N+](=O)[O-])cc2)C(N)=O)c1. The van der Waals surface area contributed by atoms with Crippen LogP contribution in [-0.2, 0) is 34.6 Å². The largest absolute Gasteiger partial charge is 0.462 e. The number of amides is 2. The number of anilines is 1. The number of nitrogens with zero attached hydrogens (tertiary/aromatic N) is 3. The number of non-ortho nitro benzene ring substituents is 1. The predicted octanol–water partition coefficient (Wildman–Crippen LogP) is 3.25. The molecule has 3 aromatic rings. The van der Waals surface area contributed by atoms with Gasteiger partial charge in [-0.15, -0.1) is 0 Å². The van der Waals surface area contributed by atoms with Crippen LogP contribution in [0.25, 0.3) is 0 Å². The smallest absolute Gasteiger partial charge is 0.340 e. The fourth-order valence-corrected chi connectivity index (χ4v) is 6.81. The number of benzene rings is 3. The maximum Gasteiger partial charge on any atom is 0.340 e. The molecule has 0 aliphatic carbocycles. The van der Waals surface area contributed by atoms with Gasteiger partial charge in [0.25, 0.3) is 5.69 Å². The number of hydrogen-bond donors (Lipinski definition) is 1. The summed E-state index contributed by atoms with van der Waals surface area (Å²) in [5, 5.41) is 11.1. The molecule has 1 unspecified atom stereocenters. The van der Waals surface area contributed by atoms with E-state index >= 15 is 4.39 Å². The molecule has 2 N–H and O–H groups in total. The van der Waals surface area contributed by atoms with E-state index in [2.05, 4.69) is 0 Å². The molecule has 3 aromatic carbocycles. The maximum absolute atomic E-state index is 15.3. The van der Waals surface area contributed by atoms with Crippen molar-refractivity contribution in [2.24, 2.45) is 5.73 Å². The Hall–Kier alpha value is -5.22. The Labute approximate surface area is 256 Å². The van der Waals surface area contributed by atoms with E-state index in [4.69, 9.17) is 15.2 Å². The third-order valence-electron chi connectivity index (χ3n) is 7.05. The fourth-order valence-electron chi connectivity index (χ4n) is 5.03. The highest BCUT2D eigenvalue weighted by molar-refractivity contribution is 7.89. The zero-order chi connectivity index (χ0) is 32.9. The molecule has 4 rings (SSSR count). The first-order valence-electron chi connectivity index (χ1n) is 13.4. The van der Waals surface area contributed by atoms with Gasteiger partial charge in [-0.05, 0) is 56.2 Å². The van der Waals surface area contributed by atoms with Crippen molar-refractivity contribution in [1.29, 1.82) is 0 Å². The van der Waals surface area contributed by atoms with Gasteiger partial charge < -0.3 is 15.2 Å². The van der Waals surface area contributed by atoms with Crippen LogP contribution in [0.1, 0.15) is 35.7 Å². The van der Waals surface area contributed by atoms with Crippen molar-refractivity contribution >= 4 is 45.3 Å². The number of urea groups is 1. The summed E-state index contributed by atoms with van der Waals surface area (Å²) < 4.78 is 53.7. The van der Waals surface area contributed by atoms with E-state index < -0.39 is 61.7 Å². The lowest BCUT2D eigenvalue weighted by molar-refractivity contribution is -0.384. The number of primary amides is 1. The number of nitro benzene ring substituents is 1. The van der Waals surface area contributed by atoms with E-state index in [1.54, 1.807) is 6.92 Å². The van der Waals surface area contributed by atoms with Crippen molar-refractivity contribution < 1.29 is 46.4 Å². The summed E-state index contributed by atoms with van der Waals surface area (Å²) in [4.78, 5) is 62.0. The number of hydrogen-bond acceptors (Lipinski definition) is 10. The molecule has 0 saturated carbocycles. The number of nitro groups is 1. The molecule has 1 heterocycles. The number of nitrogens with two attached hydrogens (primary N) is 1. The third kappa shape index (κ3) is 6.51. The molecule has 16 heteroatoms. The average molecular weight is 643 g/mol. The second-order valence-electron chi connectivity index (χ2n) is 9.73. The van der Waals surface area contributed by atoms with Gasteiger partial charge in [0.2, 0.25) is 10.0 Å². The normalized spacial score (nSPS) is 16.5. The number of carbonyl (C=O) groups is 4. The second kappa shape index (κ2) is 13.2. The van der Waals surface area contributed by atoms with Gasteiger partial charge in [-0.25, -0.2) is 32.0 Å². The van der Waals surface area contributed by atoms with Gasteiger partial charge in [0, 0.05) is 29.9 Å². The standard InChI is InChI=1S/C29H27FN4O10S/c1-2-43-26(36)19-7-5-8-21(17-19)32(28(31)38)18-25(35)44-27(37)29(23-9-3-4-10-24(23)30)15-6-16-33(29)45(41,42)22-13-11-20(12-14-22)34(39)40/h3-5,7-14,17H,2,6,15-16,18H2,1H3,(H2,31,38). The van der Waals surface area contributed by atoms with E-state index in [1.807, 2.05) is 0 Å². The van der Waals surface area contributed by atoms with E-state index in [9.17, 15) is 37.7 Å². The van der Waals surface area contributed by atoms with Gasteiger partial charge in [0.15, 0.2) is 5.54 Å². The summed E-state index contributed by atoms with van der Waals surface area (Å²) in [6, 6.07) is 13.0. The van der Waals surface area contributed by atoms with Crippen LogP contribution in [0.5, 0.6) is 0 Å². The number of rotatable bonds is 10. The lowest BCUT2D eigenvalue weighted by Crippen LogP contribution is -2.53. The van der Waals surface area contributed by atoms with Crippen LogP contribution in [-0.4, -0.2) is 61.3 Å². The number of halogens is 1. The molecule has 1 saturated heterocycles. The molecule has 0 radical (unpaired) electrons. The zero-order valence-corrected chi connectivity index (χ0v) is 24.6. The van der Waals surface area contributed by atoms with Gasteiger partial charge in [-0.3, -0.25) is 15.0 Å². The Kier molecular flexibility index (Phi) is 9.58. The average Bonchev–Trinajstić information content (AvgIpc) is 3.47. The van der Waals surface area contributed by atoms with Crippen molar-refractivity contribution in [2.45, 2.75) is 30.2 Å². The monoisotopic (exact) mass is 642 g/mol. The maximum atomic E-state index is 15.3. The Morgan fingerprint density at radius 2 is 1.76 bits per heavy atom. The topological polar surface area (TPSA) is 197 Å². The van der Waals surface area contributed by atoms with E-state index in [0.717, 1.165) is 30.3 Å². The van der Waals surface area contributed by atoms with Gasteiger partial charge in [0.1, 0.15) is 12.4 Å². The molecule has 1 atom stereocenters. The van der Waals surface area contributed by atoms with Crippen molar-refractivity contribution in [2.75, 3.05) is 24.6 Å². The Morgan fingerprint density at radius 3 is 2.38 bits per heavy atom. The first-order valence-corrected chi connectivity index (χ1v) is 14.9. The first kappa shape index (κ1) is 32.7. The van der Waals surface area contributed by atoms with Gasteiger partial charge in [0.05, 0.1) is 22.0 Å². The summed E-state index contributed by atoms with van der Waals surface area (Å²) in [5.41, 5.74) is 2.37. The molecule has 0 bridgehead atoms. The molecule has 0 aromatic heterocycles. The lowest BCUT2D eigenvalue weighted by atomic mass is 9.88. The lowest BCUT2D eigenvalue weighted by Gasteiger charge is -2.35. The first-order chi connectivity index (χ1) is 21.3. The van der Waals surface area contributed by atoms with Crippen LogP contribution in [0.4, 0.5) is 20.6 Å². The van der Waals surface area contributed by atoms with E-state index in [1.165, 1.54) is 42.5 Å². The molecule has 1 aliphatic rings. The van der Waals surface area contributed by atoms with Crippen LogP contribution in [0, 0.1) is 15.9 Å². The van der Waals surface area contributed by atoms with Crippen molar-refractivity contribution in [3.8, 4) is 0 Å². The number of carbonyl (C=O) groups excluding carboxylic acids is 4. The molecule has 1 fully saturated rings. The fraction of sp³-hybridized carbons (Fsp3) is 0.241. The van der Waals surface area contributed by atoms with E-state index in [-0.39, 0.29) is 48.5 Å². The molecule has 236 valence electrons. The van der Waals surface area contributed by atoms with Crippen molar-refractivity contribution in [1.82, 2.24) is 4.31 Å². The summed E-state index contributed by atoms with van der Waals surface area (Å²) in [6.07, 6.45) is -0.231. The predicted molar refractivity (Wildman–Crippen MR) is 155 cm³/mol. The summed E-state index contributed by atoms with van der Waals surface area (Å²) in [5.74, 6) is -4.44. The minimum absolute atomic E-state index is 0.00971. The van der Waals surface area contributed by atoms with Crippen molar-refractivity contribution in [3.63, 3.8) is 0 Å². The number of esters is 3. The molecule has 45 heavy (non-hydrogen) atoms. The van der Waals surface area contributed by atoms with Crippen LogP contribution in [0.2, 0.25) is 0 Å².